The van der Waals surface area contributed by atoms with E-state index in [1.54, 1.807) is 6.07 Å². The second-order valence-electron chi connectivity index (χ2n) is 5.39. The molecule has 0 radical (unpaired) electrons. The van der Waals surface area contributed by atoms with Crippen molar-refractivity contribution < 1.29 is 14.7 Å². The van der Waals surface area contributed by atoms with E-state index >= 15 is 0 Å². The largest absolute Gasteiger partial charge is 0.481 e. The zero-order valence-corrected chi connectivity index (χ0v) is 13.3. The molecule has 1 saturated heterocycles. The standard InChI is InChI=1S/C15H19BrN2O3/c16-11-2-3-12(15(17)21)13(9-11)18-7-5-10(6-8-18)1-4-14(19)20/h2-3,9-10H,1,4-8H2,(H2,17,21)(H,19,20). The topological polar surface area (TPSA) is 83.6 Å². The molecule has 0 atom stereocenters. The Bertz CT molecular complexity index is 540. The molecule has 0 saturated carbocycles. The monoisotopic (exact) mass is 354 g/mol. The molecule has 3 N–H and O–H groups in total. The summed E-state index contributed by atoms with van der Waals surface area (Å²) in [5.41, 5.74) is 6.82. The van der Waals surface area contributed by atoms with E-state index in [0.29, 0.717) is 11.5 Å². The number of benzene rings is 1. The van der Waals surface area contributed by atoms with Crippen LogP contribution in [-0.2, 0) is 4.79 Å². The van der Waals surface area contributed by atoms with Crippen LogP contribution in [0.4, 0.5) is 5.69 Å². The molecule has 1 amide bonds. The third-order valence-corrected chi connectivity index (χ3v) is 4.44. The van der Waals surface area contributed by atoms with E-state index in [1.807, 2.05) is 12.1 Å². The molecule has 0 spiro atoms. The average Bonchev–Trinajstić information content (AvgIpc) is 2.45. The molecule has 114 valence electrons. The number of anilines is 1. The molecule has 1 aliphatic rings. The normalized spacial score (nSPS) is 16.0. The van der Waals surface area contributed by atoms with Crippen molar-refractivity contribution >= 4 is 33.5 Å². The number of hydrogen-bond acceptors (Lipinski definition) is 3. The van der Waals surface area contributed by atoms with Crippen molar-refractivity contribution in [2.24, 2.45) is 11.7 Å². The maximum absolute atomic E-state index is 11.5. The van der Waals surface area contributed by atoms with Crippen molar-refractivity contribution in [1.29, 1.82) is 0 Å². The second kappa shape index (κ2) is 6.93. The number of primary amides is 1. The summed E-state index contributed by atoms with van der Waals surface area (Å²) in [5.74, 6) is -0.715. The number of piperidine rings is 1. The van der Waals surface area contributed by atoms with Gasteiger partial charge in [-0.2, -0.15) is 0 Å². The van der Waals surface area contributed by atoms with Crippen LogP contribution in [0, 0.1) is 5.92 Å². The highest BCUT2D eigenvalue weighted by Crippen LogP contribution is 2.30. The van der Waals surface area contributed by atoms with Gasteiger partial charge in [0.1, 0.15) is 0 Å². The van der Waals surface area contributed by atoms with Crippen LogP contribution in [0.1, 0.15) is 36.0 Å². The smallest absolute Gasteiger partial charge is 0.303 e. The molecular formula is C15H19BrN2O3. The van der Waals surface area contributed by atoms with Gasteiger partial charge in [0.05, 0.1) is 11.3 Å². The van der Waals surface area contributed by atoms with E-state index in [4.69, 9.17) is 10.8 Å². The van der Waals surface area contributed by atoms with Gasteiger partial charge in [-0.3, -0.25) is 9.59 Å². The summed E-state index contributed by atoms with van der Waals surface area (Å²) in [5, 5.41) is 8.74. The fourth-order valence-electron chi connectivity index (χ4n) is 2.76. The van der Waals surface area contributed by atoms with Gasteiger partial charge in [-0.1, -0.05) is 15.9 Å². The van der Waals surface area contributed by atoms with Crippen LogP contribution in [0.25, 0.3) is 0 Å². The maximum Gasteiger partial charge on any atom is 0.303 e. The lowest BCUT2D eigenvalue weighted by atomic mass is 9.91. The summed E-state index contributed by atoms with van der Waals surface area (Å²) in [6, 6.07) is 5.46. The van der Waals surface area contributed by atoms with Crippen LogP contribution in [0.2, 0.25) is 0 Å². The first kappa shape index (κ1) is 15.8. The zero-order valence-electron chi connectivity index (χ0n) is 11.7. The van der Waals surface area contributed by atoms with Crippen molar-refractivity contribution in [3.63, 3.8) is 0 Å². The highest BCUT2D eigenvalue weighted by atomic mass is 79.9. The average molecular weight is 355 g/mol. The van der Waals surface area contributed by atoms with Gasteiger partial charge in [-0.05, 0) is 43.4 Å². The van der Waals surface area contributed by atoms with Crippen LogP contribution in [0.15, 0.2) is 22.7 Å². The summed E-state index contributed by atoms with van der Waals surface area (Å²) in [6.45, 7) is 1.64. The van der Waals surface area contributed by atoms with Gasteiger partial charge in [0.2, 0.25) is 0 Å². The summed E-state index contributed by atoms with van der Waals surface area (Å²) >= 11 is 3.42. The van der Waals surface area contributed by atoms with E-state index in [9.17, 15) is 9.59 Å². The second-order valence-corrected chi connectivity index (χ2v) is 6.30. The molecule has 1 aromatic carbocycles. The van der Waals surface area contributed by atoms with Crippen LogP contribution >= 0.6 is 15.9 Å². The van der Waals surface area contributed by atoms with E-state index in [2.05, 4.69) is 20.8 Å². The molecule has 0 bridgehead atoms. The lowest BCUT2D eigenvalue weighted by Gasteiger charge is -2.34. The third kappa shape index (κ3) is 4.20. The molecule has 6 heteroatoms. The minimum atomic E-state index is -0.736. The molecule has 5 nitrogen and oxygen atoms in total. The molecule has 2 rings (SSSR count). The number of aliphatic carboxylic acids is 1. The number of hydrogen-bond donors (Lipinski definition) is 2. The number of carboxylic acid groups (broad SMARTS) is 1. The molecule has 0 unspecified atom stereocenters. The Hall–Kier alpha value is -1.56. The Balaban J connectivity index is 2.03. The molecule has 0 aromatic heterocycles. The fraction of sp³-hybridized carbons (Fsp3) is 0.467. The van der Waals surface area contributed by atoms with E-state index < -0.39 is 11.9 Å². The number of nitrogens with two attached hydrogens (primary N) is 1. The molecule has 1 fully saturated rings. The minimum absolute atomic E-state index is 0.230. The highest BCUT2D eigenvalue weighted by Gasteiger charge is 2.22. The first-order chi connectivity index (χ1) is 9.97. The van der Waals surface area contributed by atoms with Gasteiger partial charge in [-0.25, -0.2) is 0 Å². The number of carbonyl (C=O) groups is 2. The van der Waals surface area contributed by atoms with Crippen LogP contribution in [0.5, 0.6) is 0 Å². The quantitative estimate of drug-likeness (QED) is 0.851. The van der Waals surface area contributed by atoms with Gasteiger partial charge < -0.3 is 15.7 Å². The number of rotatable bonds is 5. The summed E-state index contributed by atoms with van der Waals surface area (Å²) in [6.07, 6.45) is 2.84. The highest BCUT2D eigenvalue weighted by molar-refractivity contribution is 9.10. The lowest BCUT2D eigenvalue weighted by molar-refractivity contribution is -0.137. The summed E-state index contributed by atoms with van der Waals surface area (Å²) in [7, 11) is 0. The van der Waals surface area contributed by atoms with Crippen molar-refractivity contribution in [1.82, 2.24) is 0 Å². The number of amides is 1. The third-order valence-electron chi connectivity index (χ3n) is 3.95. The fourth-order valence-corrected chi connectivity index (χ4v) is 3.11. The minimum Gasteiger partial charge on any atom is -0.481 e. The number of carbonyl (C=O) groups excluding carboxylic acids is 1. The zero-order chi connectivity index (χ0) is 15.4. The predicted molar refractivity (Wildman–Crippen MR) is 84.5 cm³/mol. The van der Waals surface area contributed by atoms with Gasteiger partial charge in [-0.15, -0.1) is 0 Å². The van der Waals surface area contributed by atoms with Crippen molar-refractivity contribution in [3.8, 4) is 0 Å². The Morgan fingerprint density at radius 3 is 2.57 bits per heavy atom. The first-order valence-electron chi connectivity index (χ1n) is 7.03. The lowest BCUT2D eigenvalue weighted by Crippen LogP contribution is -2.35. The van der Waals surface area contributed by atoms with Gasteiger partial charge in [0.25, 0.3) is 5.91 Å². The first-order valence-corrected chi connectivity index (χ1v) is 7.82. The van der Waals surface area contributed by atoms with E-state index in [0.717, 1.165) is 42.5 Å². The molecular weight excluding hydrogens is 336 g/mol. The van der Waals surface area contributed by atoms with Crippen molar-refractivity contribution in [2.75, 3.05) is 18.0 Å². The Labute approximate surface area is 132 Å². The van der Waals surface area contributed by atoms with Gasteiger partial charge in [0, 0.05) is 24.0 Å². The molecule has 0 aliphatic carbocycles. The molecule has 1 aliphatic heterocycles. The molecule has 1 aromatic rings. The molecule has 1 heterocycles. The summed E-state index contributed by atoms with van der Waals surface area (Å²) in [4.78, 5) is 24.3. The number of carboxylic acids is 1. The Morgan fingerprint density at radius 1 is 1.33 bits per heavy atom. The Kier molecular flexibility index (Phi) is 5.22. The van der Waals surface area contributed by atoms with E-state index in [-0.39, 0.29) is 6.42 Å². The van der Waals surface area contributed by atoms with Gasteiger partial charge >= 0.3 is 5.97 Å². The Morgan fingerprint density at radius 2 is 2.00 bits per heavy atom. The van der Waals surface area contributed by atoms with E-state index in [1.165, 1.54) is 0 Å². The number of nitrogens with zero attached hydrogens (tertiary/aromatic N) is 1. The SMILES string of the molecule is NC(=O)c1ccc(Br)cc1N1CCC(CCC(=O)O)CC1. The van der Waals surface area contributed by atoms with Crippen LogP contribution in [-0.4, -0.2) is 30.1 Å². The maximum atomic E-state index is 11.5. The summed E-state index contributed by atoms with van der Waals surface area (Å²) < 4.78 is 0.913. The molecule has 21 heavy (non-hydrogen) atoms. The van der Waals surface area contributed by atoms with Crippen LogP contribution < -0.4 is 10.6 Å². The number of halogens is 1. The van der Waals surface area contributed by atoms with Crippen LogP contribution in [0.3, 0.4) is 0 Å². The van der Waals surface area contributed by atoms with Crippen molar-refractivity contribution in [3.05, 3.63) is 28.2 Å². The van der Waals surface area contributed by atoms with Gasteiger partial charge in [0.15, 0.2) is 0 Å². The predicted octanol–water partition coefficient (Wildman–Crippen LogP) is 2.63. The van der Waals surface area contributed by atoms with Crippen molar-refractivity contribution in [2.45, 2.75) is 25.7 Å².